The van der Waals surface area contributed by atoms with Crippen LogP contribution in [0.15, 0.2) is 24.3 Å². The van der Waals surface area contributed by atoms with E-state index in [1.807, 2.05) is 31.2 Å². The van der Waals surface area contributed by atoms with Crippen LogP contribution < -0.4 is 11.1 Å². The van der Waals surface area contributed by atoms with E-state index in [2.05, 4.69) is 10.2 Å². The zero-order chi connectivity index (χ0) is 14.4. The van der Waals surface area contributed by atoms with Crippen LogP contribution in [0.2, 0.25) is 0 Å². The molecule has 0 radical (unpaired) electrons. The average molecular weight is 275 g/mol. The van der Waals surface area contributed by atoms with Gasteiger partial charge in [0.25, 0.3) is 0 Å². The van der Waals surface area contributed by atoms with Crippen LogP contribution in [-0.2, 0) is 11.3 Å². The molecule has 1 amide bonds. The zero-order valence-electron chi connectivity index (χ0n) is 12.3. The Hall–Kier alpha value is -1.39. The normalized spacial score (nSPS) is 18.3. The molecular weight excluding hydrogens is 250 g/mol. The summed E-state index contributed by atoms with van der Waals surface area (Å²) in [5, 5.41) is 2.99. The Bertz CT molecular complexity index is 422. The van der Waals surface area contributed by atoms with Crippen molar-refractivity contribution in [3.63, 3.8) is 0 Å². The lowest BCUT2D eigenvalue weighted by atomic mass is 10.2. The lowest BCUT2D eigenvalue weighted by Crippen LogP contribution is -2.42. The summed E-state index contributed by atoms with van der Waals surface area (Å²) < 4.78 is 0. The van der Waals surface area contributed by atoms with Crippen LogP contribution in [0.3, 0.4) is 0 Å². The van der Waals surface area contributed by atoms with Gasteiger partial charge in [-0.05, 0) is 50.6 Å². The number of carbonyl (C=O) groups is 1. The third kappa shape index (κ3) is 4.05. The number of nitrogens with one attached hydrogen (secondary N) is 1. The number of nitrogens with zero attached hydrogens (tertiary/aromatic N) is 1. The third-order valence-corrected chi connectivity index (χ3v) is 4.02. The molecule has 0 spiro atoms. The summed E-state index contributed by atoms with van der Waals surface area (Å²) in [6.07, 6.45) is 4.96. The molecule has 1 aromatic carbocycles. The molecule has 1 unspecified atom stereocenters. The maximum Gasteiger partial charge on any atom is 0.241 e. The molecule has 4 nitrogen and oxygen atoms in total. The first-order valence-electron chi connectivity index (χ1n) is 7.54. The lowest BCUT2D eigenvalue weighted by Gasteiger charge is -2.26. The van der Waals surface area contributed by atoms with Crippen molar-refractivity contribution in [3.8, 4) is 0 Å². The molecule has 110 valence electrons. The highest BCUT2D eigenvalue weighted by Crippen LogP contribution is 2.15. The molecule has 1 heterocycles. The quantitative estimate of drug-likeness (QED) is 0.887. The Morgan fingerprint density at radius 2 is 1.80 bits per heavy atom. The van der Waals surface area contributed by atoms with Gasteiger partial charge >= 0.3 is 0 Å². The second-order valence-corrected chi connectivity index (χ2v) is 5.52. The Morgan fingerprint density at radius 3 is 2.35 bits per heavy atom. The van der Waals surface area contributed by atoms with Crippen LogP contribution in [0, 0.1) is 0 Å². The molecule has 4 heteroatoms. The van der Waals surface area contributed by atoms with Crippen LogP contribution in [0.25, 0.3) is 0 Å². The van der Waals surface area contributed by atoms with Crippen LogP contribution in [0.5, 0.6) is 0 Å². The van der Waals surface area contributed by atoms with Gasteiger partial charge in [0.15, 0.2) is 0 Å². The van der Waals surface area contributed by atoms with Gasteiger partial charge in [0.1, 0.15) is 0 Å². The second-order valence-electron chi connectivity index (χ2n) is 5.52. The van der Waals surface area contributed by atoms with E-state index in [4.69, 9.17) is 5.73 Å². The van der Waals surface area contributed by atoms with Gasteiger partial charge in [-0.25, -0.2) is 0 Å². The maximum atomic E-state index is 12.3. The Balaban J connectivity index is 1.92. The van der Waals surface area contributed by atoms with Crippen LogP contribution >= 0.6 is 0 Å². The Kier molecular flexibility index (Phi) is 5.56. The Labute approximate surface area is 121 Å². The second kappa shape index (κ2) is 7.41. The number of hydrogen-bond acceptors (Lipinski definition) is 3. The molecule has 1 fully saturated rings. The number of anilines is 1. The minimum atomic E-state index is -0.0673. The molecule has 20 heavy (non-hydrogen) atoms. The summed E-state index contributed by atoms with van der Waals surface area (Å²) in [5.74, 6) is 0.0763. The molecule has 0 bridgehead atoms. The molecular formula is C16H25N3O. The number of carbonyl (C=O) groups excluding carboxylic acids is 1. The first-order chi connectivity index (χ1) is 9.70. The van der Waals surface area contributed by atoms with E-state index in [0.717, 1.165) is 24.3 Å². The van der Waals surface area contributed by atoms with Crippen molar-refractivity contribution in [1.29, 1.82) is 0 Å². The van der Waals surface area contributed by atoms with Gasteiger partial charge in [0, 0.05) is 12.2 Å². The molecule has 0 aromatic heterocycles. The highest BCUT2D eigenvalue weighted by Gasteiger charge is 2.21. The molecule has 1 aliphatic heterocycles. The fraction of sp³-hybridized carbons (Fsp3) is 0.562. The predicted molar refractivity (Wildman–Crippen MR) is 82.5 cm³/mol. The van der Waals surface area contributed by atoms with E-state index in [0.29, 0.717) is 6.54 Å². The van der Waals surface area contributed by atoms with Crippen LogP contribution in [0.4, 0.5) is 5.69 Å². The van der Waals surface area contributed by atoms with Gasteiger partial charge in [-0.3, -0.25) is 9.69 Å². The average Bonchev–Trinajstić information content (AvgIpc) is 2.76. The monoisotopic (exact) mass is 275 g/mol. The topological polar surface area (TPSA) is 58.4 Å². The van der Waals surface area contributed by atoms with E-state index in [1.165, 1.54) is 25.7 Å². The number of amides is 1. The number of rotatable bonds is 4. The summed E-state index contributed by atoms with van der Waals surface area (Å²) in [6, 6.07) is 7.66. The van der Waals surface area contributed by atoms with Crippen molar-refractivity contribution in [2.75, 3.05) is 18.4 Å². The summed E-state index contributed by atoms with van der Waals surface area (Å²) >= 11 is 0. The van der Waals surface area contributed by atoms with Gasteiger partial charge in [-0.1, -0.05) is 25.0 Å². The summed E-state index contributed by atoms with van der Waals surface area (Å²) in [6.45, 7) is 4.58. The van der Waals surface area contributed by atoms with E-state index >= 15 is 0 Å². The minimum absolute atomic E-state index is 0.0673. The van der Waals surface area contributed by atoms with Crippen LogP contribution in [-0.4, -0.2) is 29.9 Å². The number of nitrogens with two attached hydrogens (primary N) is 1. The fourth-order valence-corrected chi connectivity index (χ4v) is 2.62. The lowest BCUT2D eigenvalue weighted by molar-refractivity contribution is -0.120. The molecule has 1 saturated heterocycles. The molecule has 0 saturated carbocycles. The summed E-state index contributed by atoms with van der Waals surface area (Å²) in [5.41, 5.74) is 7.48. The molecule has 1 aromatic rings. The van der Waals surface area contributed by atoms with Crippen molar-refractivity contribution < 1.29 is 4.79 Å². The van der Waals surface area contributed by atoms with Crippen LogP contribution in [0.1, 0.15) is 38.2 Å². The number of likely N-dealkylation sites (tertiary alicyclic amines) is 1. The van der Waals surface area contributed by atoms with Gasteiger partial charge in [-0.2, -0.15) is 0 Å². The smallest absolute Gasteiger partial charge is 0.241 e. The summed E-state index contributed by atoms with van der Waals surface area (Å²) in [7, 11) is 0. The highest BCUT2D eigenvalue weighted by molar-refractivity contribution is 5.94. The van der Waals surface area contributed by atoms with Crippen molar-refractivity contribution >= 4 is 11.6 Å². The van der Waals surface area contributed by atoms with Gasteiger partial charge in [0.05, 0.1) is 6.04 Å². The van der Waals surface area contributed by atoms with Crippen molar-refractivity contribution in [2.45, 2.75) is 45.2 Å². The van der Waals surface area contributed by atoms with Crippen molar-refractivity contribution in [2.24, 2.45) is 5.73 Å². The third-order valence-electron chi connectivity index (χ3n) is 4.02. The molecule has 1 aliphatic rings. The number of hydrogen-bond donors (Lipinski definition) is 2. The highest BCUT2D eigenvalue weighted by atomic mass is 16.2. The fourth-order valence-electron chi connectivity index (χ4n) is 2.62. The molecule has 0 aliphatic carbocycles. The van der Waals surface area contributed by atoms with Gasteiger partial charge in [0.2, 0.25) is 5.91 Å². The SMILES string of the molecule is CC(C(=O)Nc1ccc(CN)cc1)N1CCCCCC1. The molecule has 3 N–H and O–H groups in total. The Morgan fingerprint density at radius 1 is 1.20 bits per heavy atom. The van der Waals surface area contributed by atoms with Gasteiger partial charge < -0.3 is 11.1 Å². The predicted octanol–water partition coefficient (Wildman–Crippen LogP) is 2.35. The first-order valence-corrected chi connectivity index (χ1v) is 7.54. The molecule has 1 atom stereocenters. The van der Waals surface area contributed by atoms with E-state index in [-0.39, 0.29) is 11.9 Å². The largest absolute Gasteiger partial charge is 0.326 e. The van der Waals surface area contributed by atoms with E-state index in [9.17, 15) is 4.79 Å². The first kappa shape index (κ1) is 15.0. The van der Waals surface area contributed by atoms with Crippen molar-refractivity contribution in [3.05, 3.63) is 29.8 Å². The summed E-state index contributed by atoms with van der Waals surface area (Å²) in [4.78, 5) is 14.6. The van der Waals surface area contributed by atoms with E-state index < -0.39 is 0 Å². The molecule has 2 rings (SSSR count). The zero-order valence-corrected chi connectivity index (χ0v) is 12.3. The standard InChI is InChI=1S/C16H25N3O/c1-13(19-10-4-2-3-5-11-19)16(20)18-15-8-6-14(12-17)7-9-15/h6-9,13H,2-5,10-12,17H2,1H3,(H,18,20). The number of benzene rings is 1. The van der Waals surface area contributed by atoms with Gasteiger partial charge in [-0.15, -0.1) is 0 Å². The minimum Gasteiger partial charge on any atom is -0.326 e. The van der Waals surface area contributed by atoms with Crippen molar-refractivity contribution in [1.82, 2.24) is 4.90 Å². The van der Waals surface area contributed by atoms with E-state index in [1.54, 1.807) is 0 Å². The maximum absolute atomic E-state index is 12.3.